The molecule has 1 aliphatic heterocycles. The van der Waals surface area contributed by atoms with Crippen molar-refractivity contribution < 1.29 is 9.30 Å². The number of pyridine rings is 1. The van der Waals surface area contributed by atoms with E-state index in [1.807, 2.05) is 0 Å². The van der Waals surface area contributed by atoms with Crippen molar-refractivity contribution in [2.75, 3.05) is 0 Å². The summed E-state index contributed by atoms with van der Waals surface area (Å²) < 4.78 is 9.10. The first kappa shape index (κ1) is 20.1. The number of nitrogens with zero attached hydrogens (tertiary/aromatic N) is 1. The minimum atomic E-state index is 0.364. The zero-order valence-corrected chi connectivity index (χ0v) is 19.8. The first-order chi connectivity index (χ1) is 14.8. The second kappa shape index (κ2) is 7.09. The van der Waals surface area contributed by atoms with Crippen molar-refractivity contribution in [2.45, 2.75) is 53.9 Å². The molecule has 1 aliphatic rings. The second-order valence-electron chi connectivity index (χ2n) is 9.98. The van der Waals surface area contributed by atoms with Gasteiger partial charge in [-0.15, -0.1) is 0 Å². The third-order valence-corrected chi connectivity index (χ3v) is 6.65. The summed E-state index contributed by atoms with van der Waals surface area (Å²) in [5.41, 5.74) is 7.77. The van der Waals surface area contributed by atoms with Gasteiger partial charge >= 0.3 is 0 Å². The summed E-state index contributed by atoms with van der Waals surface area (Å²) in [6.45, 7) is 13.5. The second-order valence-corrected chi connectivity index (χ2v) is 9.98. The molecule has 0 spiro atoms. The fraction of sp³-hybridized carbons (Fsp3) is 0.345. The maximum atomic E-state index is 6.83. The van der Waals surface area contributed by atoms with E-state index < -0.39 is 0 Å². The highest BCUT2D eigenvalue weighted by Crippen LogP contribution is 2.52. The molecule has 0 saturated heterocycles. The summed E-state index contributed by atoms with van der Waals surface area (Å²) in [6.07, 6.45) is 3.26. The van der Waals surface area contributed by atoms with Crippen LogP contribution in [0.5, 0.6) is 11.5 Å². The molecule has 2 heterocycles. The van der Waals surface area contributed by atoms with Crippen molar-refractivity contribution in [3.8, 4) is 22.8 Å². The molecule has 2 nitrogen and oxygen atoms in total. The van der Waals surface area contributed by atoms with Crippen LogP contribution in [0.4, 0.5) is 0 Å². The van der Waals surface area contributed by atoms with Crippen molar-refractivity contribution in [2.24, 2.45) is 13.0 Å². The first-order valence-electron chi connectivity index (χ1n) is 11.5. The summed E-state index contributed by atoms with van der Waals surface area (Å²) in [4.78, 5) is 0. The molecular weight excluding hydrogens is 378 g/mol. The van der Waals surface area contributed by atoms with Gasteiger partial charge < -0.3 is 4.74 Å². The zero-order valence-electron chi connectivity index (χ0n) is 19.8. The Morgan fingerprint density at radius 2 is 1.71 bits per heavy atom. The quantitative estimate of drug-likeness (QED) is 0.280. The van der Waals surface area contributed by atoms with E-state index in [2.05, 4.69) is 95.8 Å². The van der Waals surface area contributed by atoms with Gasteiger partial charge in [-0.2, -0.15) is 0 Å². The first-order valence-corrected chi connectivity index (χ1v) is 11.5. The van der Waals surface area contributed by atoms with Crippen molar-refractivity contribution in [1.82, 2.24) is 0 Å². The van der Waals surface area contributed by atoms with Gasteiger partial charge in [-0.1, -0.05) is 57.5 Å². The average molecular weight is 411 g/mol. The normalized spacial score (nSPS) is 12.7. The van der Waals surface area contributed by atoms with Gasteiger partial charge in [0.05, 0.1) is 10.9 Å². The summed E-state index contributed by atoms with van der Waals surface area (Å²) in [5, 5.41) is 5.15. The maximum absolute atomic E-state index is 6.83. The van der Waals surface area contributed by atoms with Gasteiger partial charge in [0.15, 0.2) is 6.20 Å². The zero-order chi connectivity index (χ0) is 22.0. The monoisotopic (exact) mass is 410 g/mol. The van der Waals surface area contributed by atoms with Gasteiger partial charge in [0.2, 0.25) is 5.69 Å². The Labute approximate surface area is 185 Å². The number of rotatable bonds is 3. The van der Waals surface area contributed by atoms with Crippen molar-refractivity contribution >= 4 is 21.5 Å². The molecule has 1 aromatic heterocycles. The molecule has 0 bridgehead atoms. The molecule has 0 atom stereocenters. The average Bonchev–Trinajstić information content (AvgIpc) is 2.69. The molecule has 0 radical (unpaired) electrons. The molecule has 158 valence electrons. The smallest absolute Gasteiger partial charge is 0.228 e. The van der Waals surface area contributed by atoms with E-state index in [9.17, 15) is 0 Å². The van der Waals surface area contributed by atoms with Gasteiger partial charge in [-0.25, -0.2) is 4.57 Å². The summed E-state index contributed by atoms with van der Waals surface area (Å²) >= 11 is 0. The predicted octanol–water partition coefficient (Wildman–Crippen LogP) is 7.53. The van der Waals surface area contributed by atoms with Crippen LogP contribution >= 0.6 is 0 Å². The van der Waals surface area contributed by atoms with Gasteiger partial charge in [0.1, 0.15) is 18.5 Å². The Kier molecular flexibility index (Phi) is 4.58. The van der Waals surface area contributed by atoms with Crippen molar-refractivity contribution in [1.29, 1.82) is 0 Å². The molecule has 0 unspecified atom stereocenters. The fourth-order valence-corrected chi connectivity index (χ4v) is 5.34. The lowest BCUT2D eigenvalue weighted by Crippen LogP contribution is -2.32. The van der Waals surface area contributed by atoms with Crippen LogP contribution in [0.3, 0.4) is 0 Å². The molecule has 0 saturated carbocycles. The lowest BCUT2D eigenvalue weighted by molar-refractivity contribution is -0.659. The highest BCUT2D eigenvalue weighted by molar-refractivity contribution is 6.07. The molecule has 4 aromatic rings. The number of hydrogen-bond acceptors (Lipinski definition) is 1. The number of benzene rings is 3. The molecular formula is C29H32NO+. The van der Waals surface area contributed by atoms with Crippen LogP contribution in [0.15, 0.2) is 42.6 Å². The van der Waals surface area contributed by atoms with E-state index in [-0.39, 0.29) is 0 Å². The summed E-state index contributed by atoms with van der Waals surface area (Å²) in [6, 6.07) is 13.7. The highest BCUT2D eigenvalue weighted by atomic mass is 16.5. The minimum Gasteiger partial charge on any atom is -0.455 e. The van der Waals surface area contributed by atoms with Gasteiger partial charge in [0.25, 0.3) is 0 Å². The molecule has 5 rings (SSSR count). The Balaban J connectivity index is 1.94. The van der Waals surface area contributed by atoms with Crippen molar-refractivity contribution in [3.05, 3.63) is 64.8 Å². The fourth-order valence-electron chi connectivity index (χ4n) is 5.34. The van der Waals surface area contributed by atoms with Crippen LogP contribution in [0.1, 0.15) is 55.9 Å². The number of aromatic nitrogens is 1. The van der Waals surface area contributed by atoms with E-state index in [1.54, 1.807) is 0 Å². The van der Waals surface area contributed by atoms with E-state index in [0.717, 1.165) is 17.9 Å². The summed E-state index contributed by atoms with van der Waals surface area (Å²) in [7, 11) is 2.16. The topological polar surface area (TPSA) is 13.1 Å². The minimum absolute atomic E-state index is 0.364. The number of aryl methyl sites for hydroxylation is 3. The Hall–Kier alpha value is -2.87. The molecule has 31 heavy (non-hydrogen) atoms. The molecule has 0 N–H and O–H groups in total. The third-order valence-electron chi connectivity index (χ3n) is 6.65. The van der Waals surface area contributed by atoms with Crippen LogP contribution in [-0.2, 0) is 13.5 Å². The predicted molar refractivity (Wildman–Crippen MR) is 130 cm³/mol. The largest absolute Gasteiger partial charge is 0.455 e. The van der Waals surface area contributed by atoms with Crippen molar-refractivity contribution in [3.63, 3.8) is 0 Å². The van der Waals surface area contributed by atoms with Crippen LogP contribution < -0.4 is 9.30 Å². The van der Waals surface area contributed by atoms with E-state index in [0.29, 0.717) is 11.8 Å². The lowest BCUT2D eigenvalue weighted by atomic mass is 9.84. The molecule has 0 aliphatic carbocycles. The van der Waals surface area contributed by atoms with Crippen LogP contribution in [-0.4, -0.2) is 0 Å². The van der Waals surface area contributed by atoms with E-state index in [4.69, 9.17) is 4.74 Å². The molecule has 0 amide bonds. The Bertz CT molecular complexity index is 1360. The Morgan fingerprint density at radius 3 is 2.42 bits per heavy atom. The maximum Gasteiger partial charge on any atom is 0.228 e. The molecule has 0 fully saturated rings. The lowest BCUT2D eigenvalue weighted by Gasteiger charge is -2.27. The molecule has 3 aromatic carbocycles. The van der Waals surface area contributed by atoms with Crippen LogP contribution in [0.25, 0.3) is 32.8 Å². The number of hydrogen-bond donors (Lipinski definition) is 0. The van der Waals surface area contributed by atoms with Gasteiger partial charge in [-0.3, -0.25) is 0 Å². The van der Waals surface area contributed by atoms with Crippen LogP contribution in [0, 0.1) is 19.8 Å². The van der Waals surface area contributed by atoms with E-state index >= 15 is 0 Å². The van der Waals surface area contributed by atoms with Gasteiger partial charge in [-0.05, 0) is 65.5 Å². The third kappa shape index (κ3) is 3.04. The standard InChI is InChI=1S/C29H32NO/c1-16(2)12-20-14-21-10-11-30(7)28-26-19(6)22-9-8-18(5)13-23(22)25(17(3)4)29(26)31-24(15-20)27(21)28/h8-11,13-17H,12H2,1-7H3/q+1. The van der Waals surface area contributed by atoms with E-state index in [1.165, 1.54) is 55.1 Å². The Morgan fingerprint density at radius 1 is 0.935 bits per heavy atom. The number of fused-ring (bicyclic) bond motifs is 3. The van der Waals surface area contributed by atoms with Gasteiger partial charge in [0, 0.05) is 11.6 Å². The summed E-state index contributed by atoms with van der Waals surface area (Å²) in [5.74, 6) is 3.02. The number of ether oxygens (including phenoxy) is 1. The SMILES string of the molecule is Cc1ccc2c(C)c3c(c(C(C)C)c2c1)Oc1cc(CC(C)C)cc2cc[n+](C)c-3c12. The van der Waals surface area contributed by atoms with Crippen LogP contribution in [0.2, 0.25) is 0 Å². The highest BCUT2D eigenvalue weighted by Gasteiger charge is 2.33. The molecule has 2 heteroatoms.